The van der Waals surface area contributed by atoms with Crippen molar-refractivity contribution in [3.8, 4) is 5.75 Å². The number of nitrogens with zero attached hydrogens (tertiary/aromatic N) is 3. The molecule has 0 spiro atoms. The number of rotatable bonds is 8. The molecule has 1 aromatic heterocycles. The summed E-state index contributed by atoms with van der Waals surface area (Å²) in [6, 6.07) is 16.0. The number of fused-ring (bicyclic) bond motifs is 1. The molecule has 0 atom stereocenters. The molecule has 1 fully saturated rings. The maximum absolute atomic E-state index is 12.0. The predicted molar refractivity (Wildman–Crippen MR) is 123 cm³/mol. The van der Waals surface area contributed by atoms with Gasteiger partial charge in [-0.3, -0.25) is 9.69 Å². The van der Waals surface area contributed by atoms with Gasteiger partial charge in [-0.25, -0.2) is 4.98 Å². The molecule has 1 saturated heterocycles. The van der Waals surface area contributed by atoms with Gasteiger partial charge in [-0.1, -0.05) is 42.5 Å². The molecule has 1 amide bonds. The summed E-state index contributed by atoms with van der Waals surface area (Å²) in [4.78, 5) is 21.5. The van der Waals surface area contributed by atoms with Gasteiger partial charge in [-0.2, -0.15) is 0 Å². The molecule has 1 N–H and O–H groups in total. The van der Waals surface area contributed by atoms with Crippen LogP contribution in [0.2, 0.25) is 0 Å². The number of carbonyl (C=O) groups excluding carboxylic acids is 1. The molecule has 2 heterocycles. The molecular formula is C23H28N4O2S. The van der Waals surface area contributed by atoms with Crippen molar-refractivity contribution in [2.45, 2.75) is 13.3 Å². The molecule has 158 valence electrons. The van der Waals surface area contributed by atoms with Crippen LogP contribution in [0.5, 0.6) is 5.75 Å². The summed E-state index contributed by atoms with van der Waals surface area (Å²) >= 11 is 1.79. The monoisotopic (exact) mass is 424 g/mol. The third-order valence-corrected chi connectivity index (χ3v) is 6.43. The van der Waals surface area contributed by atoms with Crippen LogP contribution in [0, 0.1) is 0 Å². The predicted octanol–water partition coefficient (Wildman–Crippen LogP) is 3.18. The topological polar surface area (TPSA) is 57.7 Å². The number of ether oxygens (including phenoxy) is 1. The van der Waals surface area contributed by atoms with E-state index in [2.05, 4.69) is 40.2 Å². The van der Waals surface area contributed by atoms with E-state index < -0.39 is 0 Å². The van der Waals surface area contributed by atoms with E-state index in [1.807, 2.05) is 30.3 Å². The Kier molecular flexibility index (Phi) is 6.81. The molecule has 7 heteroatoms. The van der Waals surface area contributed by atoms with E-state index in [0.29, 0.717) is 12.3 Å². The number of carbonyl (C=O) groups is 1. The molecule has 0 radical (unpaired) electrons. The molecule has 0 bridgehead atoms. The Labute approximate surface area is 181 Å². The fourth-order valence-electron chi connectivity index (χ4n) is 3.54. The van der Waals surface area contributed by atoms with Gasteiger partial charge in [-0.05, 0) is 36.2 Å². The highest BCUT2D eigenvalue weighted by Crippen LogP contribution is 2.30. The SMILES string of the molecule is CCc1ccc2nc(N3CCN(CCNC(=O)COc4ccccc4)CC3)sc2c1. The number of piperazine rings is 1. The zero-order chi connectivity index (χ0) is 20.8. The Morgan fingerprint density at radius 3 is 2.70 bits per heavy atom. The summed E-state index contributed by atoms with van der Waals surface area (Å²) in [7, 11) is 0. The van der Waals surface area contributed by atoms with Gasteiger partial charge in [0.2, 0.25) is 0 Å². The average molecular weight is 425 g/mol. The molecule has 1 aliphatic rings. The van der Waals surface area contributed by atoms with Gasteiger partial charge in [-0.15, -0.1) is 0 Å². The molecule has 0 saturated carbocycles. The number of aryl methyl sites for hydroxylation is 1. The van der Waals surface area contributed by atoms with Gasteiger partial charge >= 0.3 is 0 Å². The van der Waals surface area contributed by atoms with E-state index in [1.165, 1.54) is 10.3 Å². The van der Waals surface area contributed by atoms with E-state index in [4.69, 9.17) is 9.72 Å². The van der Waals surface area contributed by atoms with Crippen LogP contribution in [-0.2, 0) is 11.2 Å². The van der Waals surface area contributed by atoms with Crippen LogP contribution in [0.15, 0.2) is 48.5 Å². The highest BCUT2D eigenvalue weighted by atomic mass is 32.1. The number of nitrogens with one attached hydrogen (secondary N) is 1. The van der Waals surface area contributed by atoms with Crippen LogP contribution in [-0.4, -0.2) is 61.7 Å². The summed E-state index contributed by atoms with van der Waals surface area (Å²) in [5.41, 5.74) is 2.45. The first-order valence-corrected chi connectivity index (χ1v) is 11.3. The van der Waals surface area contributed by atoms with Gasteiger partial charge in [0, 0.05) is 39.3 Å². The normalized spacial score (nSPS) is 14.8. The Balaban J connectivity index is 1.18. The Morgan fingerprint density at radius 1 is 1.13 bits per heavy atom. The average Bonchev–Trinajstić information content (AvgIpc) is 3.22. The van der Waals surface area contributed by atoms with Gasteiger partial charge in [0.05, 0.1) is 10.2 Å². The zero-order valence-electron chi connectivity index (χ0n) is 17.3. The van der Waals surface area contributed by atoms with E-state index in [9.17, 15) is 4.79 Å². The van der Waals surface area contributed by atoms with Crippen molar-refractivity contribution in [1.29, 1.82) is 0 Å². The number of hydrogen-bond acceptors (Lipinski definition) is 6. The summed E-state index contributed by atoms with van der Waals surface area (Å²) in [6.07, 6.45) is 1.05. The van der Waals surface area contributed by atoms with E-state index in [1.54, 1.807) is 11.3 Å². The van der Waals surface area contributed by atoms with Crippen LogP contribution in [0.1, 0.15) is 12.5 Å². The lowest BCUT2D eigenvalue weighted by molar-refractivity contribution is -0.123. The number of amides is 1. The maximum Gasteiger partial charge on any atom is 0.257 e. The molecule has 6 nitrogen and oxygen atoms in total. The first-order chi connectivity index (χ1) is 14.7. The fraction of sp³-hybridized carbons (Fsp3) is 0.391. The van der Waals surface area contributed by atoms with Crippen molar-refractivity contribution >= 4 is 32.6 Å². The summed E-state index contributed by atoms with van der Waals surface area (Å²) in [5.74, 6) is 0.628. The number of thiazole rings is 1. The summed E-state index contributed by atoms with van der Waals surface area (Å²) in [6.45, 7) is 7.61. The lowest BCUT2D eigenvalue weighted by atomic mass is 10.2. The van der Waals surface area contributed by atoms with Crippen molar-refractivity contribution in [3.63, 3.8) is 0 Å². The molecule has 3 aromatic rings. The minimum atomic E-state index is -0.0848. The van der Waals surface area contributed by atoms with Gasteiger partial charge < -0.3 is 15.0 Å². The maximum atomic E-state index is 12.0. The molecule has 0 unspecified atom stereocenters. The Morgan fingerprint density at radius 2 is 1.93 bits per heavy atom. The smallest absolute Gasteiger partial charge is 0.257 e. The van der Waals surface area contributed by atoms with E-state index in [0.717, 1.165) is 49.8 Å². The second-order valence-electron chi connectivity index (χ2n) is 7.43. The number of hydrogen-bond donors (Lipinski definition) is 1. The van der Waals surface area contributed by atoms with Crippen molar-refractivity contribution < 1.29 is 9.53 Å². The van der Waals surface area contributed by atoms with Crippen LogP contribution < -0.4 is 15.0 Å². The first kappa shape index (κ1) is 20.6. The second kappa shape index (κ2) is 9.91. The first-order valence-electron chi connectivity index (χ1n) is 10.5. The lowest BCUT2D eigenvalue weighted by Crippen LogP contribution is -2.48. The molecule has 2 aromatic carbocycles. The van der Waals surface area contributed by atoms with Gasteiger partial charge in [0.25, 0.3) is 5.91 Å². The molecule has 0 aliphatic carbocycles. The quantitative estimate of drug-likeness (QED) is 0.602. The molecule has 4 rings (SSSR count). The van der Waals surface area contributed by atoms with Crippen molar-refractivity contribution in [2.75, 3.05) is 50.8 Å². The molecule has 1 aliphatic heterocycles. The molecular weight excluding hydrogens is 396 g/mol. The molecule has 30 heavy (non-hydrogen) atoms. The fourth-order valence-corrected chi connectivity index (χ4v) is 4.63. The summed E-state index contributed by atoms with van der Waals surface area (Å²) in [5, 5.41) is 4.06. The Hall–Kier alpha value is -2.64. The van der Waals surface area contributed by atoms with Crippen LogP contribution in [0.25, 0.3) is 10.2 Å². The van der Waals surface area contributed by atoms with Crippen molar-refractivity contribution in [3.05, 3.63) is 54.1 Å². The minimum absolute atomic E-state index is 0.0507. The van der Waals surface area contributed by atoms with Crippen LogP contribution >= 0.6 is 11.3 Å². The third-order valence-electron chi connectivity index (χ3n) is 5.36. The van der Waals surface area contributed by atoms with Crippen LogP contribution in [0.4, 0.5) is 5.13 Å². The zero-order valence-corrected chi connectivity index (χ0v) is 18.2. The Bertz CT molecular complexity index is 968. The number of anilines is 1. The lowest BCUT2D eigenvalue weighted by Gasteiger charge is -2.34. The highest BCUT2D eigenvalue weighted by molar-refractivity contribution is 7.22. The number of para-hydroxylation sites is 1. The minimum Gasteiger partial charge on any atom is -0.484 e. The number of benzene rings is 2. The van der Waals surface area contributed by atoms with Crippen molar-refractivity contribution in [2.24, 2.45) is 0 Å². The van der Waals surface area contributed by atoms with Gasteiger partial charge in [0.1, 0.15) is 5.75 Å². The standard InChI is InChI=1S/C23H28N4O2S/c1-2-18-8-9-20-21(16-18)30-23(25-20)27-14-12-26(13-15-27)11-10-24-22(28)17-29-19-6-4-3-5-7-19/h3-9,16H,2,10-15,17H2,1H3,(H,24,28). The number of aromatic nitrogens is 1. The second-order valence-corrected chi connectivity index (χ2v) is 8.44. The largest absolute Gasteiger partial charge is 0.484 e. The summed E-state index contributed by atoms with van der Waals surface area (Å²) < 4.78 is 6.75. The third kappa shape index (κ3) is 5.29. The van der Waals surface area contributed by atoms with Crippen molar-refractivity contribution in [1.82, 2.24) is 15.2 Å². The van der Waals surface area contributed by atoms with E-state index >= 15 is 0 Å². The van der Waals surface area contributed by atoms with E-state index in [-0.39, 0.29) is 12.5 Å². The van der Waals surface area contributed by atoms with Crippen LogP contribution in [0.3, 0.4) is 0 Å². The highest BCUT2D eigenvalue weighted by Gasteiger charge is 2.19. The van der Waals surface area contributed by atoms with Gasteiger partial charge in [0.15, 0.2) is 11.7 Å².